The lowest BCUT2D eigenvalue weighted by molar-refractivity contribution is -0.929. The van der Waals surface area contributed by atoms with E-state index in [0.717, 1.165) is 17.6 Å². The lowest BCUT2D eigenvalue weighted by atomic mass is 10.0. The lowest BCUT2D eigenvalue weighted by Crippen LogP contribution is -2.53. The van der Waals surface area contributed by atoms with Crippen LogP contribution in [-0.4, -0.2) is 67.3 Å². The minimum absolute atomic E-state index is 0.0947. The maximum Gasteiger partial charge on any atom is 0.102 e. The van der Waals surface area contributed by atoms with Gasteiger partial charge in [-0.25, -0.2) is 0 Å². The fourth-order valence-electron chi connectivity index (χ4n) is 5.88. The number of quaternary nitrogens is 1. The first-order valence-corrected chi connectivity index (χ1v) is 17.4. The third kappa shape index (κ3) is 26.1. The molecule has 0 bridgehead atoms. The van der Waals surface area contributed by atoms with Gasteiger partial charge in [0, 0.05) is 0 Å². The zero-order valence-electron chi connectivity index (χ0n) is 26.4. The van der Waals surface area contributed by atoms with Crippen LogP contribution in [0.1, 0.15) is 168 Å². The summed E-state index contributed by atoms with van der Waals surface area (Å²) in [4.78, 5) is 0. The van der Waals surface area contributed by atoms with Crippen molar-refractivity contribution in [1.82, 2.24) is 0 Å². The molecule has 0 unspecified atom stereocenters. The Morgan fingerprint density at radius 2 is 0.711 bits per heavy atom. The van der Waals surface area contributed by atoms with E-state index in [0.29, 0.717) is 13.2 Å². The highest BCUT2D eigenvalue weighted by Gasteiger charge is 2.25. The number of unbranched alkanes of at least 4 members (excludes halogenated alkanes) is 22. The molecule has 0 aromatic heterocycles. The van der Waals surface area contributed by atoms with Gasteiger partial charge in [0.25, 0.3) is 0 Å². The Bertz CT molecular complexity index is 404. The maximum absolute atomic E-state index is 9.89. The molecule has 0 amide bonds. The van der Waals surface area contributed by atoms with E-state index in [9.17, 15) is 5.11 Å². The number of rotatable bonds is 33. The Morgan fingerprint density at radius 3 is 1.03 bits per heavy atom. The van der Waals surface area contributed by atoms with Gasteiger partial charge < -0.3 is 19.4 Å². The predicted octanol–water partition coefficient (Wildman–Crippen LogP) is 9.21. The Hall–Kier alpha value is -0.160. The van der Waals surface area contributed by atoms with Crippen molar-refractivity contribution in [2.45, 2.75) is 168 Å². The van der Waals surface area contributed by atoms with Crippen molar-refractivity contribution in [3.8, 4) is 0 Å². The van der Waals surface area contributed by atoms with Crippen LogP contribution in [0.2, 0.25) is 0 Å². The second-order valence-electron chi connectivity index (χ2n) is 12.1. The summed E-state index contributed by atoms with van der Waals surface area (Å²) in [6.07, 6.45) is 33.2. The molecule has 0 aromatic carbocycles. The molecule has 4 heteroatoms. The van der Waals surface area contributed by atoms with E-state index in [1.807, 2.05) is 0 Å². The summed E-state index contributed by atoms with van der Waals surface area (Å²) in [5, 5.41) is 19.0. The highest BCUT2D eigenvalue weighted by Crippen LogP contribution is 2.17. The van der Waals surface area contributed by atoms with Crippen molar-refractivity contribution < 1.29 is 19.4 Å². The van der Waals surface area contributed by atoms with E-state index < -0.39 is 0 Å². The van der Waals surface area contributed by atoms with Crippen LogP contribution >= 0.6 is 0 Å². The Labute approximate surface area is 239 Å². The van der Waals surface area contributed by atoms with Gasteiger partial charge in [-0.3, -0.25) is 0 Å². The van der Waals surface area contributed by atoms with Crippen molar-refractivity contribution in [2.75, 3.05) is 52.6 Å². The van der Waals surface area contributed by atoms with Gasteiger partial charge in [-0.2, -0.15) is 0 Å². The monoisotopic (exact) mass is 543 g/mol. The predicted molar refractivity (Wildman–Crippen MR) is 167 cm³/mol. The minimum Gasteiger partial charge on any atom is -0.394 e. The average molecular weight is 543 g/mol. The van der Waals surface area contributed by atoms with Crippen LogP contribution in [0.25, 0.3) is 0 Å². The number of ether oxygens (including phenoxy) is 1. The van der Waals surface area contributed by atoms with Crippen LogP contribution in [0, 0.1) is 0 Å². The topological polar surface area (TPSA) is 49.7 Å². The molecule has 0 spiro atoms. The summed E-state index contributed by atoms with van der Waals surface area (Å²) in [6.45, 7) is 10.2. The van der Waals surface area contributed by atoms with E-state index in [1.165, 1.54) is 167 Å². The first-order valence-electron chi connectivity index (χ1n) is 17.4. The molecule has 0 aliphatic carbocycles. The van der Waals surface area contributed by atoms with E-state index in [2.05, 4.69) is 13.8 Å². The molecule has 0 aliphatic heterocycles. The molecule has 0 saturated heterocycles. The number of aliphatic hydroxyl groups excluding tert-OH is 2. The van der Waals surface area contributed by atoms with Crippen LogP contribution in [-0.2, 0) is 4.74 Å². The van der Waals surface area contributed by atoms with Crippen molar-refractivity contribution in [2.24, 2.45) is 0 Å². The molecule has 0 aromatic rings. The van der Waals surface area contributed by atoms with Gasteiger partial charge in [0.2, 0.25) is 0 Å². The Morgan fingerprint density at radius 1 is 0.368 bits per heavy atom. The second kappa shape index (κ2) is 31.4. The summed E-state index contributed by atoms with van der Waals surface area (Å²) in [6, 6.07) is 0. The molecule has 2 N–H and O–H groups in total. The molecule has 0 atom stereocenters. The van der Waals surface area contributed by atoms with Gasteiger partial charge in [0.15, 0.2) is 0 Å². The van der Waals surface area contributed by atoms with Gasteiger partial charge >= 0.3 is 0 Å². The average Bonchev–Trinajstić information content (AvgIpc) is 2.92. The summed E-state index contributed by atoms with van der Waals surface area (Å²) < 4.78 is 6.66. The summed E-state index contributed by atoms with van der Waals surface area (Å²) >= 11 is 0. The van der Waals surface area contributed by atoms with E-state index in [1.54, 1.807) is 0 Å². The largest absolute Gasteiger partial charge is 0.394 e. The van der Waals surface area contributed by atoms with Crippen molar-refractivity contribution in [1.29, 1.82) is 0 Å². The highest BCUT2D eigenvalue weighted by atomic mass is 16.5. The third-order valence-corrected chi connectivity index (χ3v) is 8.49. The zero-order valence-corrected chi connectivity index (χ0v) is 26.4. The van der Waals surface area contributed by atoms with E-state index in [-0.39, 0.29) is 13.2 Å². The molecular formula is C34H72NO3+. The highest BCUT2D eigenvalue weighted by molar-refractivity contribution is 4.54. The SMILES string of the molecule is CCCCCCCCCCCCCC[N+](CCO)(CCCCCCCCCCCCCC)CCOCCO. The van der Waals surface area contributed by atoms with Crippen LogP contribution < -0.4 is 0 Å². The van der Waals surface area contributed by atoms with Crippen LogP contribution in [0.5, 0.6) is 0 Å². The summed E-state index contributed by atoms with van der Waals surface area (Å²) in [5.74, 6) is 0. The fraction of sp³-hybridized carbons (Fsp3) is 1.00. The van der Waals surface area contributed by atoms with Crippen molar-refractivity contribution in [3.05, 3.63) is 0 Å². The van der Waals surface area contributed by atoms with E-state index >= 15 is 0 Å². The molecule has 0 rings (SSSR count). The van der Waals surface area contributed by atoms with Gasteiger partial charge in [-0.15, -0.1) is 0 Å². The normalized spacial score (nSPS) is 12.0. The summed E-state index contributed by atoms with van der Waals surface area (Å²) in [7, 11) is 0. The van der Waals surface area contributed by atoms with Gasteiger partial charge in [-0.05, 0) is 25.7 Å². The van der Waals surface area contributed by atoms with Gasteiger partial charge in [0.1, 0.15) is 13.1 Å². The number of hydrogen-bond donors (Lipinski definition) is 2. The molecule has 230 valence electrons. The maximum atomic E-state index is 9.89. The molecule has 0 aliphatic rings. The molecule has 0 radical (unpaired) electrons. The van der Waals surface area contributed by atoms with Crippen molar-refractivity contribution >= 4 is 0 Å². The zero-order chi connectivity index (χ0) is 27.8. The molecule has 0 heterocycles. The molecule has 38 heavy (non-hydrogen) atoms. The Balaban J connectivity index is 4.12. The van der Waals surface area contributed by atoms with E-state index in [4.69, 9.17) is 9.84 Å². The summed E-state index contributed by atoms with van der Waals surface area (Å²) in [5.41, 5.74) is 0. The fourth-order valence-corrected chi connectivity index (χ4v) is 5.88. The molecule has 0 saturated carbocycles. The smallest absolute Gasteiger partial charge is 0.102 e. The Kier molecular flexibility index (Phi) is 31.2. The molecule has 4 nitrogen and oxygen atoms in total. The minimum atomic E-state index is 0.0947. The first kappa shape index (κ1) is 37.8. The lowest BCUT2D eigenvalue weighted by Gasteiger charge is -2.38. The third-order valence-electron chi connectivity index (χ3n) is 8.49. The molecule has 0 fully saturated rings. The second-order valence-corrected chi connectivity index (χ2v) is 12.1. The quantitative estimate of drug-likeness (QED) is 0.0642. The van der Waals surface area contributed by atoms with Crippen LogP contribution in [0.4, 0.5) is 0 Å². The van der Waals surface area contributed by atoms with Crippen LogP contribution in [0.15, 0.2) is 0 Å². The number of aliphatic hydroxyl groups is 2. The first-order chi connectivity index (χ1) is 18.7. The van der Waals surface area contributed by atoms with Gasteiger partial charge in [-0.1, -0.05) is 142 Å². The van der Waals surface area contributed by atoms with Crippen LogP contribution in [0.3, 0.4) is 0 Å². The standard InChI is InChI=1S/C34H72NO3/c1-3-5-7-9-11-13-15-17-19-21-23-25-27-35(29-31-36,30-33-38-34-32-37)28-26-24-22-20-18-16-14-12-10-8-6-4-2/h36-37H,3-34H2,1-2H3/q+1. The number of hydrogen-bond acceptors (Lipinski definition) is 3. The van der Waals surface area contributed by atoms with Crippen molar-refractivity contribution in [3.63, 3.8) is 0 Å². The van der Waals surface area contributed by atoms with Gasteiger partial charge in [0.05, 0.1) is 39.5 Å². The molecular weight excluding hydrogens is 470 g/mol. The number of nitrogens with zero attached hydrogens (tertiary/aromatic N) is 1.